The summed E-state index contributed by atoms with van der Waals surface area (Å²) in [4.78, 5) is 14.4. The molecule has 1 amide bonds. The second-order valence-corrected chi connectivity index (χ2v) is 6.38. The summed E-state index contributed by atoms with van der Waals surface area (Å²) in [6.45, 7) is 2.27. The van der Waals surface area contributed by atoms with E-state index >= 15 is 0 Å². The second kappa shape index (κ2) is 9.62. The quantitative estimate of drug-likeness (QED) is 0.808. The van der Waals surface area contributed by atoms with Gasteiger partial charge in [-0.3, -0.25) is 4.79 Å². The van der Waals surface area contributed by atoms with E-state index < -0.39 is 0 Å². The van der Waals surface area contributed by atoms with E-state index in [9.17, 15) is 4.79 Å². The molecule has 2 aliphatic rings. The zero-order valence-electron chi connectivity index (χ0n) is 12.9. The van der Waals surface area contributed by atoms with Crippen molar-refractivity contribution < 1.29 is 4.79 Å². The Bertz CT molecular complexity index is 272. The average molecular weight is 303 g/mol. The van der Waals surface area contributed by atoms with Gasteiger partial charge < -0.3 is 10.2 Å². The molecule has 0 atom stereocenters. The predicted molar refractivity (Wildman–Crippen MR) is 86.3 cm³/mol. The lowest BCUT2D eigenvalue weighted by molar-refractivity contribution is -0.132. The Balaban J connectivity index is 0.00000200. The highest BCUT2D eigenvalue weighted by Crippen LogP contribution is 2.23. The molecule has 0 aromatic carbocycles. The summed E-state index contributed by atoms with van der Waals surface area (Å²) < 4.78 is 0. The highest BCUT2D eigenvalue weighted by molar-refractivity contribution is 5.85. The van der Waals surface area contributed by atoms with Crippen molar-refractivity contribution in [2.75, 3.05) is 20.1 Å². The summed E-state index contributed by atoms with van der Waals surface area (Å²) in [5.41, 5.74) is 0. The van der Waals surface area contributed by atoms with Gasteiger partial charge in [0.05, 0.1) is 0 Å². The molecule has 0 spiro atoms. The maximum Gasteiger partial charge on any atom is 0.222 e. The lowest BCUT2D eigenvalue weighted by Crippen LogP contribution is -2.37. The number of piperidine rings is 1. The van der Waals surface area contributed by atoms with Gasteiger partial charge in [-0.25, -0.2) is 0 Å². The van der Waals surface area contributed by atoms with Crippen LogP contribution >= 0.6 is 12.4 Å². The van der Waals surface area contributed by atoms with Crippen LogP contribution in [0.5, 0.6) is 0 Å². The largest absolute Gasteiger partial charge is 0.343 e. The number of hydrogen-bond donors (Lipinski definition) is 1. The number of nitrogens with one attached hydrogen (secondary N) is 1. The minimum Gasteiger partial charge on any atom is -0.343 e. The lowest BCUT2D eigenvalue weighted by atomic mass is 9.93. The molecule has 0 unspecified atom stereocenters. The normalized spacial score (nSPS) is 21.9. The van der Waals surface area contributed by atoms with Crippen LogP contribution in [0.25, 0.3) is 0 Å². The van der Waals surface area contributed by atoms with Crippen molar-refractivity contribution in [2.45, 2.75) is 70.3 Å². The third-order valence-electron chi connectivity index (χ3n) is 4.99. The van der Waals surface area contributed by atoms with Crippen molar-refractivity contribution in [2.24, 2.45) is 5.92 Å². The maximum atomic E-state index is 12.3. The van der Waals surface area contributed by atoms with Crippen LogP contribution in [0.4, 0.5) is 0 Å². The monoisotopic (exact) mass is 302 g/mol. The van der Waals surface area contributed by atoms with E-state index in [0.717, 1.165) is 31.8 Å². The number of rotatable bonds is 4. The minimum absolute atomic E-state index is 0. The summed E-state index contributed by atoms with van der Waals surface area (Å²) >= 11 is 0. The second-order valence-electron chi connectivity index (χ2n) is 6.38. The Morgan fingerprint density at radius 2 is 1.65 bits per heavy atom. The lowest BCUT2D eigenvalue weighted by Gasteiger charge is -2.28. The first-order valence-corrected chi connectivity index (χ1v) is 8.24. The average Bonchev–Trinajstić information content (AvgIpc) is 2.74. The van der Waals surface area contributed by atoms with E-state index in [0.29, 0.717) is 11.9 Å². The molecule has 4 heteroatoms. The van der Waals surface area contributed by atoms with Crippen molar-refractivity contribution >= 4 is 18.3 Å². The fourth-order valence-corrected chi connectivity index (χ4v) is 3.52. The predicted octanol–water partition coefficient (Wildman–Crippen LogP) is 3.37. The van der Waals surface area contributed by atoms with E-state index in [1.54, 1.807) is 0 Å². The molecule has 0 radical (unpaired) electrons. The Morgan fingerprint density at radius 3 is 2.25 bits per heavy atom. The number of amides is 1. The first-order chi connectivity index (χ1) is 9.27. The first-order valence-electron chi connectivity index (χ1n) is 8.24. The van der Waals surface area contributed by atoms with Gasteiger partial charge in [-0.1, -0.05) is 25.7 Å². The van der Waals surface area contributed by atoms with E-state index in [4.69, 9.17) is 0 Å². The van der Waals surface area contributed by atoms with Gasteiger partial charge in [0.1, 0.15) is 0 Å². The van der Waals surface area contributed by atoms with Gasteiger partial charge in [0.25, 0.3) is 0 Å². The van der Waals surface area contributed by atoms with Crippen LogP contribution in [0.15, 0.2) is 0 Å². The van der Waals surface area contributed by atoms with Crippen LogP contribution < -0.4 is 5.32 Å². The Labute approximate surface area is 130 Å². The highest BCUT2D eigenvalue weighted by Gasteiger charge is 2.22. The Morgan fingerprint density at radius 1 is 1.05 bits per heavy atom. The zero-order valence-corrected chi connectivity index (χ0v) is 13.7. The van der Waals surface area contributed by atoms with Crippen LogP contribution in [0.1, 0.15) is 64.2 Å². The Hall–Kier alpha value is -0.280. The number of nitrogens with zero attached hydrogens (tertiary/aromatic N) is 1. The molecule has 2 rings (SSSR count). The first kappa shape index (κ1) is 17.8. The van der Waals surface area contributed by atoms with Crippen LogP contribution in [0, 0.1) is 5.92 Å². The van der Waals surface area contributed by atoms with Gasteiger partial charge >= 0.3 is 0 Å². The topological polar surface area (TPSA) is 32.3 Å². The molecular formula is C16H31ClN2O. The number of carbonyl (C=O) groups is 1. The molecule has 1 saturated heterocycles. The summed E-state index contributed by atoms with van der Waals surface area (Å²) in [5, 5.41) is 3.39. The van der Waals surface area contributed by atoms with Gasteiger partial charge in [0.2, 0.25) is 5.91 Å². The van der Waals surface area contributed by atoms with Crippen molar-refractivity contribution in [3.8, 4) is 0 Å². The maximum absolute atomic E-state index is 12.3. The SMILES string of the molecule is CN(C(=O)CCC1CCNCC1)C1CCCCCC1.Cl. The van der Waals surface area contributed by atoms with Gasteiger partial charge in [0, 0.05) is 19.5 Å². The van der Waals surface area contributed by atoms with Crippen LogP contribution in [0.3, 0.4) is 0 Å². The minimum atomic E-state index is 0. The molecule has 0 bridgehead atoms. The third-order valence-corrected chi connectivity index (χ3v) is 4.99. The molecule has 0 aromatic rings. The van der Waals surface area contributed by atoms with Gasteiger partial charge in [-0.2, -0.15) is 0 Å². The van der Waals surface area contributed by atoms with Crippen LogP contribution in [-0.2, 0) is 4.79 Å². The molecule has 1 aliphatic carbocycles. The van der Waals surface area contributed by atoms with E-state index in [-0.39, 0.29) is 12.4 Å². The van der Waals surface area contributed by atoms with E-state index in [1.165, 1.54) is 51.4 Å². The number of hydrogen-bond acceptors (Lipinski definition) is 2. The van der Waals surface area contributed by atoms with Crippen LogP contribution in [-0.4, -0.2) is 37.0 Å². The number of carbonyl (C=O) groups excluding carboxylic acids is 1. The molecule has 1 saturated carbocycles. The molecule has 1 N–H and O–H groups in total. The van der Waals surface area contributed by atoms with Crippen molar-refractivity contribution in [1.82, 2.24) is 10.2 Å². The van der Waals surface area contributed by atoms with Gasteiger partial charge in [0.15, 0.2) is 0 Å². The fourth-order valence-electron chi connectivity index (χ4n) is 3.52. The molecular weight excluding hydrogens is 272 g/mol. The van der Waals surface area contributed by atoms with Crippen molar-refractivity contribution in [1.29, 1.82) is 0 Å². The summed E-state index contributed by atoms with van der Waals surface area (Å²) in [5.74, 6) is 1.15. The molecule has 2 fully saturated rings. The molecule has 20 heavy (non-hydrogen) atoms. The molecule has 1 aliphatic heterocycles. The molecule has 3 nitrogen and oxygen atoms in total. The summed E-state index contributed by atoms with van der Waals surface area (Å²) in [6.07, 6.45) is 12.1. The standard InChI is InChI=1S/C16H30N2O.ClH/c1-18(15-6-4-2-3-5-7-15)16(19)9-8-14-10-12-17-13-11-14;/h14-15,17H,2-13H2,1H3;1H. The number of halogens is 1. The van der Waals surface area contributed by atoms with E-state index in [2.05, 4.69) is 10.2 Å². The van der Waals surface area contributed by atoms with Crippen LogP contribution in [0.2, 0.25) is 0 Å². The van der Waals surface area contributed by atoms with Gasteiger partial charge in [-0.05, 0) is 51.1 Å². The molecule has 1 heterocycles. The summed E-state index contributed by atoms with van der Waals surface area (Å²) in [6, 6.07) is 0.517. The highest BCUT2D eigenvalue weighted by atomic mass is 35.5. The van der Waals surface area contributed by atoms with Gasteiger partial charge in [-0.15, -0.1) is 12.4 Å². The third kappa shape index (κ3) is 5.61. The van der Waals surface area contributed by atoms with E-state index in [1.807, 2.05) is 7.05 Å². The van der Waals surface area contributed by atoms with Crippen molar-refractivity contribution in [3.05, 3.63) is 0 Å². The molecule has 0 aromatic heterocycles. The Kier molecular flexibility index (Phi) is 8.55. The fraction of sp³-hybridized carbons (Fsp3) is 0.938. The summed E-state index contributed by atoms with van der Waals surface area (Å²) in [7, 11) is 2.03. The zero-order chi connectivity index (χ0) is 13.5. The van der Waals surface area contributed by atoms with Crippen molar-refractivity contribution in [3.63, 3.8) is 0 Å². The molecule has 118 valence electrons. The smallest absolute Gasteiger partial charge is 0.222 e.